The normalized spacial score (nSPS) is 14.8. The van der Waals surface area contributed by atoms with E-state index in [1.807, 2.05) is 6.92 Å². The van der Waals surface area contributed by atoms with Gasteiger partial charge in [-0.05, 0) is 6.42 Å². The molecule has 60 valence electrons. The fourth-order valence-corrected chi connectivity index (χ4v) is 3.12. The molecule has 0 aliphatic carbocycles. The average molecular weight is 160 g/mol. The Balaban J connectivity index is 4.22. The highest BCUT2D eigenvalue weighted by Gasteiger charge is 2.30. The number of rotatable bonds is 3. The third-order valence-corrected chi connectivity index (χ3v) is 4.50. The second-order valence-corrected chi connectivity index (χ2v) is 9.09. The van der Waals surface area contributed by atoms with Crippen molar-refractivity contribution in [2.75, 3.05) is 0 Å². The molecule has 0 aromatic carbocycles. The van der Waals surface area contributed by atoms with Gasteiger partial charge in [-0.25, -0.2) is 0 Å². The summed E-state index contributed by atoms with van der Waals surface area (Å²) in [5.41, 5.74) is -0.0764. The molecular weight excluding hydrogens is 144 g/mol. The van der Waals surface area contributed by atoms with Crippen LogP contribution in [0.3, 0.4) is 0 Å². The number of carbonyl (C=O) groups is 1. The van der Waals surface area contributed by atoms with Crippen LogP contribution in [0.15, 0.2) is 0 Å². The molecular formula is C7H16O2Si. The van der Waals surface area contributed by atoms with E-state index in [1.165, 1.54) is 0 Å². The summed E-state index contributed by atoms with van der Waals surface area (Å²) in [6, 6.07) is 0. The first kappa shape index (κ1) is 9.69. The predicted molar refractivity (Wildman–Crippen MR) is 45.0 cm³/mol. The Morgan fingerprint density at radius 1 is 1.50 bits per heavy atom. The zero-order valence-corrected chi connectivity index (χ0v) is 8.14. The molecule has 0 aromatic rings. The van der Waals surface area contributed by atoms with Gasteiger partial charge < -0.3 is 5.11 Å². The van der Waals surface area contributed by atoms with Crippen molar-refractivity contribution >= 4 is 14.0 Å². The van der Waals surface area contributed by atoms with Gasteiger partial charge in [-0.2, -0.15) is 0 Å². The van der Waals surface area contributed by atoms with Crippen molar-refractivity contribution in [3.63, 3.8) is 0 Å². The largest absolute Gasteiger partial charge is 0.481 e. The molecule has 0 saturated carbocycles. The molecule has 1 N–H and O–H groups in total. The fourth-order valence-electron chi connectivity index (χ4n) is 1.16. The molecule has 0 aromatic heterocycles. The zero-order valence-electron chi connectivity index (χ0n) is 7.14. The molecule has 1 atom stereocenters. The van der Waals surface area contributed by atoms with E-state index in [4.69, 9.17) is 5.11 Å². The molecule has 0 aliphatic heterocycles. The summed E-state index contributed by atoms with van der Waals surface area (Å²) < 4.78 is 0. The summed E-state index contributed by atoms with van der Waals surface area (Å²) >= 11 is 0. The zero-order chi connectivity index (χ0) is 8.36. The third-order valence-electron chi connectivity index (χ3n) is 1.75. The first-order chi connectivity index (χ1) is 4.39. The van der Waals surface area contributed by atoms with Gasteiger partial charge in [-0.1, -0.05) is 26.6 Å². The molecule has 3 heteroatoms. The van der Waals surface area contributed by atoms with E-state index in [-0.39, 0.29) is 5.54 Å². The SMILES string of the molecule is CCC(C(=O)O)[Si](C)(C)C. The minimum Gasteiger partial charge on any atom is -0.481 e. The second-order valence-electron chi connectivity index (χ2n) is 3.67. The highest BCUT2D eigenvalue weighted by atomic mass is 28.3. The van der Waals surface area contributed by atoms with E-state index in [9.17, 15) is 4.79 Å². The molecule has 0 radical (unpaired) electrons. The summed E-state index contributed by atoms with van der Waals surface area (Å²) in [5.74, 6) is -0.623. The Labute approximate surface area is 63.3 Å². The quantitative estimate of drug-likeness (QED) is 0.643. The summed E-state index contributed by atoms with van der Waals surface area (Å²) in [5, 5.41) is 8.74. The summed E-state index contributed by atoms with van der Waals surface area (Å²) in [6.07, 6.45) is 0.769. The van der Waals surface area contributed by atoms with Crippen LogP contribution in [-0.2, 0) is 4.79 Å². The van der Waals surface area contributed by atoms with Crippen LogP contribution in [0.4, 0.5) is 0 Å². The number of carboxylic acid groups (broad SMARTS) is 1. The van der Waals surface area contributed by atoms with E-state index in [0.717, 1.165) is 6.42 Å². The van der Waals surface area contributed by atoms with Crippen molar-refractivity contribution in [3.05, 3.63) is 0 Å². The van der Waals surface area contributed by atoms with Gasteiger partial charge in [0.15, 0.2) is 0 Å². The molecule has 0 heterocycles. The highest BCUT2D eigenvalue weighted by molar-refractivity contribution is 6.80. The second kappa shape index (κ2) is 3.19. The van der Waals surface area contributed by atoms with Gasteiger partial charge >= 0.3 is 5.97 Å². The molecule has 0 spiro atoms. The number of aliphatic carboxylic acids is 1. The Hall–Kier alpha value is -0.313. The molecule has 0 saturated heterocycles. The van der Waals surface area contributed by atoms with E-state index in [0.29, 0.717) is 0 Å². The van der Waals surface area contributed by atoms with Gasteiger partial charge in [0.2, 0.25) is 0 Å². The van der Waals surface area contributed by atoms with Crippen molar-refractivity contribution in [1.29, 1.82) is 0 Å². The van der Waals surface area contributed by atoms with Crippen LogP contribution in [0.5, 0.6) is 0 Å². The van der Waals surface area contributed by atoms with Crippen molar-refractivity contribution < 1.29 is 9.90 Å². The summed E-state index contributed by atoms with van der Waals surface area (Å²) in [4.78, 5) is 10.6. The highest BCUT2D eigenvalue weighted by Crippen LogP contribution is 2.24. The van der Waals surface area contributed by atoms with Crippen LogP contribution in [-0.4, -0.2) is 19.1 Å². The lowest BCUT2D eigenvalue weighted by atomic mass is 10.3. The molecule has 0 rings (SSSR count). The summed E-state index contributed by atoms with van der Waals surface area (Å²) in [7, 11) is -1.45. The Morgan fingerprint density at radius 2 is 1.90 bits per heavy atom. The van der Waals surface area contributed by atoms with E-state index in [2.05, 4.69) is 19.6 Å². The van der Waals surface area contributed by atoms with Crippen molar-refractivity contribution in [2.24, 2.45) is 0 Å². The Kier molecular flexibility index (Phi) is 3.09. The molecule has 2 nitrogen and oxygen atoms in total. The van der Waals surface area contributed by atoms with Crippen LogP contribution in [0.1, 0.15) is 13.3 Å². The van der Waals surface area contributed by atoms with Crippen molar-refractivity contribution in [2.45, 2.75) is 38.5 Å². The molecule has 10 heavy (non-hydrogen) atoms. The van der Waals surface area contributed by atoms with Gasteiger partial charge in [0.25, 0.3) is 0 Å². The van der Waals surface area contributed by atoms with Crippen LogP contribution in [0, 0.1) is 0 Å². The summed E-state index contributed by atoms with van der Waals surface area (Å²) in [6.45, 7) is 8.22. The third kappa shape index (κ3) is 2.52. The minimum absolute atomic E-state index is 0.0764. The number of hydrogen-bond donors (Lipinski definition) is 1. The van der Waals surface area contributed by atoms with Gasteiger partial charge in [-0.3, -0.25) is 4.79 Å². The van der Waals surface area contributed by atoms with Gasteiger partial charge in [0.05, 0.1) is 8.07 Å². The van der Waals surface area contributed by atoms with Crippen LogP contribution in [0.25, 0.3) is 0 Å². The van der Waals surface area contributed by atoms with E-state index >= 15 is 0 Å². The smallest absolute Gasteiger partial charge is 0.303 e. The van der Waals surface area contributed by atoms with Crippen LogP contribution < -0.4 is 0 Å². The fraction of sp³-hybridized carbons (Fsp3) is 0.857. The van der Waals surface area contributed by atoms with Gasteiger partial charge in [0.1, 0.15) is 0 Å². The topological polar surface area (TPSA) is 37.3 Å². The van der Waals surface area contributed by atoms with Crippen LogP contribution >= 0.6 is 0 Å². The first-order valence-electron chi connectivity index (χ1n) is 3.62. The Morgan fingerprint density at radius 3 is 1.90 bits per heavy atom. The molecule has 0 bridgehead atoms. The maximum atomic E-state index is 10.6. The molecule has 0 amide bonds. The van der Waals surface area contributed by atoms with E-state index < -0.39 is 14.0 Å². The van der Waals surface area contributed by atoms with E-state index in [1.54, 1.807) is 0 Å². The average Bonchev–Trinajstić information content (AvgIpc) is 1.60. The molecule has 1 unspecified atom stereocenters. The van der Waals surface area contributed by atoms with Gasteiger partial charge in [-0.15, -0.1) is 0 Å². The lowest BCUT2D eigenvalue weighted by Gasteiger charge is -2.23. The monoisotopic (exact) mass is 160 g/mol. The predicted octanol–water partition coefficient (Wildman–Crippen LogP) is 2.19. The molecule has 0 fully saturated rings. The first-order valence-corrected chi connectivity index (χ1v) is 7.20. The minimum atomic E-state index is -1.45. The van der Waals surface area contributed by atoms with Crippen LogP contribution in [0.2, 0.25) is 25.2 Å². The lowest BCUT2D eigenvalue weighted by molar-refractivity contribution is -0.137. The lowest BCUT2D eigenvalue weighted by Crippen LogP contribution is -2.33. The maximum Gasteiger partial charge on any atom is 0.303 e. The van der Waals surface area contributed by atoms with Crippen molar-refractivity contribution in [3.8, 4) is 0 Å². The number of hydrogen-bond acceptors (Lipinski definition) is 1. The molecule has 0 aliphatic rings. The standard InChI is InChI=1S/C7H16O2Si/c1-5-6(7(8)9)10(2,3)4/h6H,5H2,1-4H3,(H,8,9). The van der Waals surface area contributed by atoms with Gasteiger partial charge in [0, 0.05) is 5.54 Å². The maximum absolute atomic E-state index is 10.6. The number of carboxylic acids is 1. The Bertz CT molecular complexity index is 126. The van der Waals surface area contributed by atoms with Crippen molar-refractivity contribution in [1.82, 2.24) is 0 Å².